The molecular formula is C19H22O3Os-2. The third-order valence-corrected chi connectivity index (χ3v) is 3.06. The molecule has 1 fully saturated rings. The second-order valence-corrected chi connectivity index (χ2v) is 4.97. The van der Waals surface area contributed by atoms with Gasteiger partial charge < -0.3 is 15.9 Å². The predicted octanol–water partition coefficient (Wildman–Crippen LogP) is 4.33. The molecule has 0 aliphatic carbocycles. The van der Waals surface area contributed by atoms with Crippen LogP contribution in [0, 0.1) is 12.3 Å². The summed E-state index contributed by atoms with van der Waals surface area (Å²) in [5.74, 6) is 2.27. The smallest absolute Gasteiger partial charge is 0.113 e. The maximum atomic E-state index is 8.28. The first-order valence-electron chi connectivity index (χ1n) is 7.41. The van der Waals surface area contributed by atoms with Gasteiger partial charge in [0.25, 0.3) is 0 Å². The van der Waals surface area contributed by atoms with Crippen LogP contribution in [0.15, 0.2) is 54.6 Å². The van der Waals surface area contributed by atoms with E-state index in [1.165, 1.54) is 17.0 Å². The van der Waals surface area contributed by atoms with E-state index in [1.807, 2.05) is 50.6 Å². The molecule has 0 atom stereocenters. The van der Waals surface area contributed by atoms with Crippen molar-refractivity contribution >= 4 is 0 Å². The van der Waals surface area contributed by atoms with Crippen LogP contribution in [-0.4, -0.2) is 13.2 Å². The Bertz CT molecular complexity index is 524. The molecule has 1 heterocycles. The maximum Gasteiger partial charge on any atom is 0.113 e. The van der Waals surface area contributed by atoms with E-state index in [0.717, 1.165) is 19.0 Å². The molecule has 2 aromatic carbocycles. The summed E-state index contributed by atoms with van der Waals surface area (Å²) in [6.07, 6.45) is 2.00. The molecule has 0 radical (unpaired) electrons. The Morgan fingerprint density at radius 2 is 1.61 bits per heavy atom. The fourth-order valence-electron chi connectivity index (χ4n) is 1.90. The van der Waals surface area contributed by atoms with Crippen LogP contribution in [0.25, 0.3) is 0 Å². The van der Waals surface area contributed by atoms with Crippen molar-refractivity contribution in [3.63, 3.8) is 0 Å². The van der Waals surface area contributed by atoms with E-state index < -0.39 is 0 Å². The Kier molecular flexibility index (Phi) is 10.2. The number of hydrogen-bond donors (Lipinski definition) is 0. The average Bonchev–Trinajstić information content (AvgIpc) is 2.56. The Balaban J connectivity index is 0.000000477. The van der Waals surface area contributed by atoms with Gasteiger partial charge in [0.15, 0.2) is 0 Å². The van der Waals surface area contributed by atoms with Gasteiger partial charge in [-0.15, -0.1) is 5.92 Å². The minimum Gasteiger partial charge on any atom is -0.491 e. The molecule has 3 nitrogen and oxygen atoms in total. The molecule has 126 valence electrons. The molecule has 2 aromatic rings. The van der Waals surface area contributed by atoms with Gasteiger partial charge in [-0.25, -0.2) is 0 Å². The second kappa shape index (κ2) is 12.0. The summed E-state index contributed by atoms with van der Waals surface area (Å²) in [6, 6.07) is 18.4. The standard InChI is InChI=1S/C16H15O2.C3H7.O.Os/c1-2-4-13(5-3-1)10-18-16-8-6-14(7-9-16)15-11-17-12-15;1-3-2;;/h1-9H,10-12H2;3H,1-2H3;;/q2*-1;;. The zero-order valence-corrected chi connectivity index (χ0v) is 16.0. The Morgan fingerprint density at radius 3 is 2.09 bits per heavy atom. The number of ether oxygens (including phenoxy) is 2. The van der Waals surface area contributed by atoms with Gasteiger partial charge in [0, 0.05) is 13.2 Å². The Morgan fingerprint density at radius 1 is 1.04 bits per heavy atom. The van der Waals surface area contributed by atoms with Crippen molar-refractivity contribution in [3.8, 4) is 5.75 Å². The summed E-state index contributed by atoms with van der Waals surface area (Å²) in [6.45, 7) is 6.15. The molecule has 0 saturated carbocycles. The molecule has 0 amide bonds. The van der Waals surface area contributed by atoms with Crippen molar-refractivity contribution in [2.24, 2.45) is 0 Å². The first kappa shape index (κ1) is 19.6. The fourth-order valence-corrected chi connectivity index (χ4v) is 1.90. The second-order valence-electron chi connectivity index (χ2n) is 4.97. The maximum absolute atomic E-state index is 8.28. The van der Waals surface area contributed by atoms with Crippen molar-refractivity contribution in [2.45, 2.75) is 20.5 Å². The minimum absolute atomic E-state index is 0.611. The van der Waals surface area contributed by atoms with Gasteiger partial charge in [0.1, 0.15) is 6.61 Å². The molecule has 4 heteroatoms. The van der Waals surface area contributed by atoms with E-state index in [0.29, 0.717) is 25.2 Å². The number of hydrogen-bond acceptors (Lipinski definition) is 3. The van der Waals surface area contributed by atoms with Crippen LogP contribution in [0.5, 0.6) is 5.75 Å². The van der Waals surface area contributed by atoms with Crippen LogP contribution in [0.1, 0.15) is 25.0 Å². The van der Waals surface area contributed by atoms with Crippen molar-refractivity contribution in [3.05, 3.63) is 78.1 Å². The van der Waals surface area contributed by atoms with E-state index in [9.17, 15) is 0 Å². The minimum atomic E-state index is 0.611. The van der Waals surface area contributed by atoms with Crippen LogP contribution in [-0.2, 0) is 33.4 Å². The zero-order chi connectivity index (χ0) is 16.9. The molecular weight excluding hydrogens is 466 g/mol. The summed E-state index contributed by atoms with van der Waals surface area (Å²) >= 11 is 0.611. The molecule has 0 bridgehead atoms. The van der Waals surface area contributed by atoms with E-state index in [4.69, 9.17) is 13.0 Å². The molecule has 23 heavy (non-hydrogen) atoms. The van der Waals surface area contributed by atoms with Crippen LogP contribution in [0.2, 0.25) is 0 Å². The van der Waals surface area contributed by atoms with Crippen molar-refractivity contribution in [2.75, 3.05) is 13.2 Å². The SMILES string of the molecule is C[CH-]C.[O]=[Os].c1ccc(COc2ccc([C-]3COC3)cc2)cc1. The molecule has 3 rings (SSSR count). The summed E-state index contributed by atoms with van der Waals surface area (Å²) in [5.41, 5.74) is 2.44. The van der Waals surface area contributed by atoms with Crippen LogP contribution >= 0.6 is 0 Å². The van der Waals surface area contributed by atoms with Crippen LogP contribution in [0.4, 0.5) is 0 Å². The van der Waals surface area contributed by atoms with E-state index in [-0.39, 0.29) is 0 Å². The van der Waals surface area contributed by atoms with Gasteiger partial charge in [0.2, 0.25) is 0 Å². The number of benzene rings is 2. The summed E-state index contributed by atoms with van der Waals surface area (Å²) in [7, 11) is 0. The summed E-state index contributed by atoms with van der Waals surface area (Å²) < 4.78 is 19.2. The largest absolute Gasteiger partial charge is 0.491 e. The topological polar surface area (TPSA) is 35.5 Å². The van der Waals surface area contributed by atoms with Gasteiger partial charge in [-0.2, -0.15) is 31.5 Å². The number of rotatable bonds is 4. The quantitative estimate of drug-likeness (QED) is 0.601. The van der Waals surface area contributed by atoms with Crippen LogP contribution < -0.4 is 4.74 Å². The molecule has 0 unspecified atom stereocenters. The molecule has 1 saturated heterocycles. The molecule has 1 aliphatic heterocycles. The fraction of sp³-hybridized carbons (Fsp3) is 0.263. The molecule has 0 spiro atoms. The van der Waals surface area contributed by atoms with Crippen molar-refractivity contribution in [1.29, 1.82) is 0 Å². The molecule has 0 N–H and O–H groups in total. The van der Waals surface area contributed by atoms with Crippen LogP contribution in [0.3, 0.4) is 0 Å². The zero-order valence-electron chi connectivity index (χ0n) is 13.5. The Hall–Kier alpha value is -1.49. The van der Waals surface area contributed by atoms with Crippen molar-refractivity contribution < 1.29 is 31.6 Å². The average molecular weight is 489 g/mol. The predicted molar refractivity (Wildman–Crippen MR) is 86.7 cm³/mol. The first-order chi connectivity index (χ1) is 11.3. The first-order valence-corrected chi connectivity index (χ1v) is 8.45. The summed E-state index contributed by atoms with van der Waals surface area (Å²) in [4.78, 5) is 0. The van der Waals surface area contributed by atoms with E-state index in [1.54, 1.807) is 0 Å². The van der Waals surface area contributed by atoms with E-state index in [2.05, 4.69) is 24.3 Å². The van der Waals surface area contributed by atoms with Gasteiger partial charge in [0.05, 0.1) is 5.75 Å². The monoisotopic (exact) mass is 490 g/mol. The third kappa shape index (κ3) is 7.08. The molecule has 1 aliphatic rings. The van der Waals surface area contributed by atoms with Gasteiger partial charge in [-0.1, -0.05) is 42.5 Å². The Labute approximate surface area is 149 Å². The van der Waals surface area contributed by atoms with Gasteiger partial charge in [-0.05, 0) is 5.56 Å². The van der Waals surface area contributed by atoms with Gasteiger partial charge >= 0.3 is 22.1 Å². The molecule has 0 aromatic heterocycles. The van der Waals surface area contributed by atoms with Crippen molar-refractivity contribution in [1.82, 2.24) is 0 Å². The normalized spacial score (nSPS) is 12.0. The van der Waals surface area contributed by atoms with E-state index >= 15 is 0 Å². The third-order valence-electron chi connectivity index (χ3n) is 3.06. The summed E-state index contributed by atoms with van der Waals surface area (Å²) in [5, 5.41) is 0. The van der Waals surface area contributed by atoms with Gasteiger partial charge in [-0.3, -0.25) is 0 Å².